The predicted molar refractivity (Wildman–Crippen MR) is 82.0 cm³/mol. The standard InChI is InChI=1S/C16H16BrF2N/c1-9-4-5-13(10(2)6-9)11(3)20-16-14(18)7-12(17)8-15(16)19/h4-8,11,20H,1-3H3. The van der Waals surface area contributed by atoms with E-state index < -0.39 is 11.6 Å². The Hall–Kier alpha value is -1.42. The fourth-order valence-electron chi connectivity index (χ4n) is 2.29. The van der Waals surface area contributed by atoms with Gasteiger partial charge in [-0.1, -0.05) is 39.7 Å². The van der Waals surface area contributed by atoms with Crippen molar-refractivity contribution in [3.05, 3.63) is 63.1 Å². The molecule has 0 aliphatic rings. The van der Waals surface area contributed by atoms with Crippen molar-refractivity contribution in [3.8, 4) is 0 Å². The van der Waals surface area contributed by atoms with Crippen LogP contribution in [0.25, 0.3) is 0 Å². The van der Waals surface area contributed by atoms with Crippen LogP contribution in [0.5, 0.6) is 0 Å². The van der Waals surface area contributed by atoms with E-state index in [2.05, 4.69) is 27.3 Å². The maximum absolute atomic E-state index is 13.8. The van der Waals surface area contributed by atoms with Gasteiger partial charge in [0.15, 0.2) is 0 Å². The van der Waals surface area contributed by atoms with E-state index in [1.807, 2.05) is 32.9 Å². The Morgan fingerprint density at radius 1 is 1.05 bits per heavy atom. The van der Waals surface area contributed by atoms with Crippen LogP contribution in [-0.2, 0) is 0 Å². The third-order valence-electron chi connectivity index (χ3n) is 3.26. The molecule has 0 bridgehead atoms. The van der Waals surface area contributed by atoms with Crippen LogP contribution >= 0.6 is 15.9 Å². The highest BCUT2D eigenvalue weighted by atomic mass is 79.9. The van der Waals surface area contributed by atoms with Gasteiger partial charge in [0.25, 0.3) is 0 Å². The molecular weight excluding hydrogens is 324 g/mol. The van der Waals surface area contributed by atoms with Crippen molar-refractivity contribution in [3.63, 3.8) is 0 Å². The lowest BCUT2D eigenvalue weighted by Crippen LogP contribution is -2.11. The van der Waals surface area contributed by atoms with Gasteiger partial charge < -0.3 is 5.32 Å². The molecule has 1 nitrogen and oxygen atoms in total. The first kappa shape index (κ1) is 15.0. The molecule has 106 valence electrons. The minimum absolute atomic E-state index is 0.0966. The lowest BCUT2D eigenvalue weighted by atomic mass is 10.00. The number of anilines is 1. The molecule has 0 radical (unpaired) electrons. The smallest absolute Gasteiger partial charge is 0.150 e. The van der Waals surface area contributed by atoms with E-state index in [1.165, 1.54) is 17.7 Å². The summed E-state index contributed by atoms with van der Waals surface area (Å²) in [5.41, 5.74) is 3.19. The molecule has 1 atom stereocenters. The van der Waals surface area contributed by atoms with E-state index in [9.17, 15) is 8.78 Å². The van der Waals surface area contributed by atoms with Crippen LogP contribution in [0.2, 0.25) is 0 Å². The molecule has 4 heteroatoms. The molecule has 20 heavy (non-hydrogen) atoms. The number of halogens is 3. The number of aryl methyl sites for hydroxylation is 2. The maximum Gasteiger partial charge on any atom is 0.150 e. The summed E-state index contributed by atoms with van der Waals surface area (Å²) in [6.45, 7) is 5.90. The van der Waals surface area contributed by atoms with Gasteiger partial charge in [0, 0.05) is 10.5 Å². The molecule has 2 aromatic carbocycles. The fourth-order valence-corrected chi connectivity index (χ4v) is 2.69. The second kappa shape index (κ2) is 5.92. The molecular formula is C16H16BrF2N. The number of benzene rings is 2. The first-order chi connectivity index (χ1) is 9.38. The Bertz CT molecular complexity index is 617. The van der Waals surface area contributed by atoms with Crippen molar-refractivity contribution in [1.82, 2.24) is 0 Å². The minimum atomic E-state index is -0.603. The molecule has 2 aromatic rings. The summed E-state index contributed by atoms with van der Waals surface area (Å²) in [7, 11) is 0. The average Bonchev–Trinajstić information content (AvgIpc) is 2.33. The molecule has 0 saturated heterocycles. The molecule has 0 spiro atoms. The molecule has 0 amide bonds. The largest absolute Gasteiger partial charge is 0.374 e. The summed E-state index contributed by atoms with van der Waals surface area (Å²) >= 11 is 3.07. The van der Waals surface area contributed by atoms with E-state index in [-0.39, 0.29) is 11.7 Å². The van der Waals surface area contributed by atoms with Gasteiger partial charge in [-0.05, 0) is 44.0 Å². The van der Waals surface area contributed by atoms with Crippen LogP contribution < -0.4 is 5.32 Å². The minimum Gasteiger partial charge on any atom is -0.374 e. The Balaban J connectivity index is 2.30. The van der Waals surface area contributed by atoms with Crippen LogP contribution in [0, 0.1) is 25.5 Å². The van der Waals surface area contributed by atoms with E-state index in [4.69, 9.17) is 0 Å². The van der Waals surface area contributed by atoms with E-state index >= 15 is 0 Å². The Labute approximate surface area is 126 Å². The van der Waals surface area contributed by atoms with Crippen molar-refractivity contribution in [2.75, 3.05) is 5.32 Å². The molecule has 1 unspecified atom stereocenters. The van der Waals surface area contributed by atoms with E-state index in [0.29, 0.717) is 4.47 Å². The monoisotopic (exact) mass is 339 g/mol. The van der Waals surface area contributed by atoms with Crippen molar-refractivity contribution < 1.29 is 8.78 Å². The summed E-state index contributed by atoms with van der Waals surface area (Å²) in [6, 6.07) is 8.36. The third-order valence-corrected chi connectivity index (χ3v) is 3.72. The molecule has 0 aliphatic carbocycles. The first-order valence-electron chi connectivity index (χ1n) is 6.36. The maximum atomic E-state index is 13.8. The van der Waals surface area contributed by atoms with E-state index in [0.717, 1.165) is 11.1 Å². The fraction of sp³-hybridized carbons (Fsp3) is 0.250. The number of hydrogen-bond donors (Lipinski definition) is 1. The van der Waals surface area contributed by atoms with Gasteiger partial charge in [-0.15, -0.1) is 0 Å². The summed E-state index contributed by atoms with van der Waals surface area (Å²) < 4.78 is 28.0. The molecule has 0 heterocycles. The Morgan fingerprint density at radius 3 is 2.20 bits per heavy atom. The second-order valence-electron chi connectivity index (χ2n) is 4.97. The number of nitrogens with one attached hydrogen (secondary N) is 1. The highest BCUT2D eigenvalue weighted by Gasteiger charge is 2.15. The summed E-state index contributed by atoms with van der Waals surface area (Å²) in [4.78, 5) is 0. The van der Waals surface area contributed by atoms with Crippen LogP contribution in [0.1, 0.15) is 29.7 Å². The van der Waals surface area contributed by atoms with Gasteiger partial charge in [-0.3, -0.25) is 0 Å². The van der Waals surface area contributed by atoms with Crippen molar-refractivity contribution in [2.24, 2.45) is 0 Å². The molecule has 1 N–H and O–H groups in total. The molecule has 0 aliphatic heterocycles. The number of hydrogen-bond acceptors (Lipinski definition) is 1. The quantitative estimate of drug-likeness (QED) is 0.776. The zero-order valence-electron chi connectivity index (χ0n) is 11.6. The van der Waals surface area contributed by atoms with Gasteiger partial charge in [0.1, 0.15) is 17.3 Å². The topological polar surface area (TPSA) is 12.0 Å². The number of rotatable bonds is 3. The zero-order valence-corrected chi connectivity index (χ0v) is 13.2. The Morgan fingerprint density at radius 2 is 1.65 bits per heavy atom. The second-order valence-corrected chi connectivity index (χ2v) is 5.89. The lowest BCUT2D eigenvalue weighted by molar-refractivity contribution is 0.583. The SMILES string of the molecule is Cc1ccc(C(C)Nc2c(F)cc(Br)cc2F)c(C)c1. The Kier molecular flexibility index (Phi) is 4.43. The van der Waals surface area contributed by atoms with Crippen LogP contribution in [0.3, 0.4) is 0 Å². The van der Waals surface area contributed by atoms with Crippen LogP contribution in [-0.4, -0.2) is 0 Å². The average molecular weight is 340 g/mol. The molecule has 0 fully saturated rings. The normalized spacial score (nSPS) is 12.3. The molecule has 0 saturated carbocycles. The van der Waals surface area contributed by atoms with Gasteiger partial charge in [-0.2, -0.15) is 0 Å². The summed E-state index contributed by atoms with van der Waals surface area (Å²) in [6.07, 6.45) is 0. The van der Waals surface area contributed by atoms with Crippen LogP contribution in [0.15, 0.2) is 34.8 Å². The highest BCUT2D eigenvalue weighted by molar-refractivity contribution is 9.10. The van der Waals surface area contributed by atoms with Gasteiger partial charge in [-0.25, -0.2) is 8.78 Å². The van der Waals surface area contributed by atoms with Crippen molar-refractivity contribution in [1.29, 1.82) is 0 Å². The van der Waals surface area contributed by atoms with Crippen molar-refractivity contribution >= 4 is 21.6 Å². The van der Waals surface area contributed by atoms with Gasteiger partial charge in [0.2, 0.25) is 0 Å². The highest BCUT2D eigenvalue weighted by Crippen LogP contribution is 2.28. The predicted octanol–water partition coefficient (Wildman–Crippen LogP) is 5.52. The van der Waals surface area contributed by atoms with E-state index in [1.54, 1.807) is 0 Å². The zero-order chi connectivity index (χ0) is 14.9. The summed E-state index contributed by atoms with van der Waals surface area (Å²) in [5.74, 6) is -1.21. The molecule has 0 aromatic heterocycles. The third kappa shape index (κ3) is 3.18. The first-order valence-corrected chi connectivity index (χ1v) is 7.16. The molecule has 2 rings (SSSR count). The van der Waals surface area contributed by atoms with Gasteiger partial charge >= 0.3 is 0 Å². The van der Waals surface area contributed by atoms with Crippen LogP contribution in [0.4, 0.5) is 14.5 Å². The van der Waals surface area contributed by atoms with Gasteiger partial charge in [0.05, 0.1) is 0 Å². The lowest BCUT2D eigenvalue weighted by Gasteiger charge is -2.19. The summed E-state index contributed by atoms with van der Waals surface area (Å²) in [5, 5.41) is 2.91. The van der Waals surface area contributed by atoms with Crippen molar-refractivity contribution in [2.45, 2.75) is 26.8 Å².